The second kappa shape index (κ2) is 11.6. The molecule has 1 heterocycles. The third-order valence-electron chi connectivity index (χ3n) is 4.92. The number of carbonyl (C=O) groups excluding carboxylic acids is 1. The smallest absolute Gasteiger partial charge is 0.363 e. The molecular weight excluding hydrogens is 714 g/mol. The Kier molecular flexibility index (Phi) is 8.46. The van der Waals surface area contributed by atoms with Crippen LogP contribution >= 0.6 is 56.8 Å². The van der Waals surface area contributed by atoms with Crippen molar-refractivity contribution in [3.05, 3.63) is 99.3 Å². The molecular formula is C25H17ClI2N2O6. The Bertz CT molecular complexity index is 1420. The van der Waals surface area contributed by atoms with E-state index in [1.807, 2.05) is 19.1 Å². The summed E-state index contributed by atoms with van der Waals surface area (Å²) in [6.45, 7) is 2.35. The standard InChI is InChI=1S/C25H17ClI2N2O6/c1-2-34-22-11-15(9-20(28)23(22)35-13-14-4-3-5-17(8-14)30(32)33)10-21-25(31)36-24(29-21)18-12-16(27)6-7-19(18)26/h3-12H,2,13H2,1H3/b21-10-. The topological polar surface area (TPSA) is 100 Å². The van der Waals surface area contributed by atoms with Crippen molar-refractivity contribution in [1.82, 2.24) is 0 Å². The molecule has 8 nitrogen and oxygen atoms in total. The number of benzene rings is 3. The van der Waals surface area contributed by atoms with Gasteiger partial charge in [-0.15, -0.1) is 0 Å². The van der Waals surface area contributed by atoms with Gasteiger partial charge in [0.05, 0.1) is 25.7 Å². The third kappa shape index (κ3) is 6.16. The van der Waals surface area contributed by atoms with Crippen LogP contribution in [0.2, 0.25) is 5.02 Å². The fourth-order valence-corrected chi connectivity index (χ4v) is 4.80. The largest absolute Gasteiger partial charge is 0.490 e. The lowest BCUT2D eigenvalue weighted by atomic mass is 10.1. The highest BCUT2D eigenvalue weighted by molar-refractivity contribution is 14.1. The minimum Gasteiger partial charge on any atom is -0.490 e. The molecule has 0 saturated carbocycles. The Hall–Kier alpha value is -2.71. The molecule has 0 radical (unpaired) electrons. The molecule has 1 aliphatic heterocycles. The maximum atomic E-state index is 12.5. The summed E-state index contributed by atoms with van der Waals surface area (Å²) >= 11 is 10.5. The second-order valence-corrected chi connectivity index (χ2v) is 10.3. The normalized spacial score (nSPS) is 13.9. The van der Waals surface area contributed by atoms with E-state index in [1.54, 1.807) is 36.4 Å². The van der Waals surface area contributed by atoms with Gasteiger partial charge < -0.3 is 14.2 Å². The number of rotatable bonds is 8. The molecule has 0 aliphatic carbocycles. The Morgan fingerprint density at radius 1 is 1.14 bits per heavy atom. The van der Waals surface area contributed by atoms with E-state index in [9.17, 15) is 14.9 Å². The van der Waals surface area contributed by atoms with E-state index in [2.05, 4.69) is 50.2 Å². The summed E-state index contributed by atoms with van der Waals surface area (Å²) in [5, 5.41) is 11.5. The van der Waals surface area contributed by atoms with Crippen LogP contribution in [-0.2, 0) is 16.1 Å². The number of esters is 1. The average molecular weight is 731 g/mol. The quantitative estimate of drug-likeness (QED) is 0.0834. The average Bonchev–Trinajstić information content (AvgIpc) is 3.20. The van der Waals surface area contributed by atoms with Gasteiger partial charge in [0.2, 0.25) is 5.90 Å². The van der Waals surface area contributed by atoms with Gasteiger partial charge in [0.1, 0.15) is 6.61 Å². The van der Waals surface area contributed by atoms with Crippen molar-refractivity contribution in [3.63, 3.8) is 0 Å². The van der Waals surface area contributed by atoms with E-state index in [0.29, 0.717) is 39.8 Å². The van der Waals surface area contributed by atoms with Crippen LogP contribution in [0.25, 0.3) is 6.08 Å². The van der Waals surface area contributed by atoms with Gasteiger partial charge >= 0.3 is 5.97 Å². The Morgan fingerprint density at radius 3 is 2.69 bits per heavy atom. The van der Waals surface area contributed by atoms with Crippen molar-refractivity contribution in [1.29, 1.82) is 0 Å². The number of halogens is 3. The molecule has 36 heavy (non-hydrogen) atoms. The first-order chi connectivity index (χ1) is 17.2. The van der Waals surface area contributed by atoms with E-state index >= 15 is 0 Å². The fraction of sp³-hybridized carbons (Fsp3) is 0.120. The number of cyclic esters (lactones) is 1. The summed E-state index contributed by atoms with van der Waals surface area (Å²) < 4.78 is 18.8. The molecule has 4 rings (SSSR count). The van der Waals surface area contributed by atoms with E-state index in [0.717, 1.165) is 7.14 Å². The lowest BCUT2D eigenvalue weighted by Gasteiger charge is -2.15. The summed E-state index contributed by atoms with van der Waals surface area (Å²) in [6, 6.07) is 15.2. The van der Waals surface area contributed by atoms with Crippen LogP contribution in [0, 0.1) is 17.3 Å². The summed E-state index contributed by atoms with van der Waals surface area (Å²) in [5.41, 5.74) is 1.97. The molecule has 184 valence electrons. The van der Waals surface area contributed by atoms with Crippen LogP contribution in [-0.4, -0.2) is 23.4 Å². The second-order valence-electron chi connectivity index (χ2n) is 7.44. The zero-order valence-corrected chi connectivity index (χ0v) is 23.7. The zero-order valence-electron chi connectivity index (χ0n) is 18.7. The van der Waals surface area contributed by atoms with Gasteiger partial charge in [-0.05, 0) is 99.6 Å². The molecule has 3 aromatic carbocycles. The molecule has 0 unspecified atom stereocenters. The minimum atomic E-state index is -0.584. The van der Waals surface area contributed by atoms with Gasteiger partial charge in [0.15, 0.2) is 17.2 Å². The molecule has 0 N–H and O–H groups in total. The van der Waals surface area contributed by atoms with Crippen molar-refractivity contribution in [3.8, 4) is 11.5 Å². The molecule has 3 aromatic rings. The van der Waals surface area contributed by atoms with Gasteiger partial charge in [0.25, 0.3) is 5.69 Å². The highest BCUT2D eigenvalue weighted by atomic mass is 127. The van der Waals surface area contributed by atoms with Crippen LogP contribution in [0.4, 0.5) is 5.69 Å². The number of nitro groups is 1. The van der Waals surface area contributed by atoms with Crippen LogP contribution in [0.5, 0.6) is 11.5 Å². The first kappa shape index (κ1) is 26.4. The number of non-ortho nitro benzene ring substituents is 1. The number of nitrogens with zero attached hydrogens (tertiary/aromatic N) is 2. The molecule has 0 amide bonds. The highest BCUT2D eigenvalue weighted by Crippen LogP contribution is 2.36. The highest BCUT2D eigenvalue weighted by Gasteiger charge is 2.26. The summed E-state index contributed by atoms with van der Waals surface area (Å²) in [7, 11) is 0. The first-order valence-corrected chi connectivity index (χ1v) is 13.1. The van der Waals surface area contributed by atoms with Gasteiger partial charge in [-0.3, -0.25) is 10.1 Å². The van der Waals surface area contributed by atoms with Crippen molar-refractivity contribution >= 4 is 80.4 Å². The van der Waals surface area contributed by atoms with Crippen LogP contribution in [0.1, 0.15) is 23.6 Å². The van der Waals surface area contributed by atoms with Crippen LogP contribution in [0.15, 0.2) is 65.3 Å². The number of hydrogen-bond donors (Lipinski definition) is 0. The van der Waals surface area contributed by atoms with Crippen LogP contribution in [0.3, 0.4) is 0 Å². The Morgan fingerprint density at radius 2 is 1.94 bits per heavy atom. The summed E-state index contributed by atoms with van der Waals surface area (Å²) in [5.74, 6) is 0.526. The summed E-state index contributed by atoms with van der Waals surface area (Å²) in [6.07, 6.45) is 1.60. The van der Waals surface area contributed by atoms with Gasteiger partial charge in [0, 0.05) is 15.7 Å². The fourth-order valence-electron chi connectivity index (χ4n) is 3.33. The molecule has 0 atom stereocenters. The minimum absolute atomic E-state index is 0.00678. The monoisotopic (exact) mass is 730 g/mol. The molecule has 0 saturated heterocycles. The number of hydrogen-bond acceptors (Lipinski definition) is 7. The van der Waals surface area contributed by atoms with Gasteiger partial charge in [-0.25, -0.2) is 9.79 Å². The van der Waals surface area contributed by atoms with E-state index in [1.165, 1.54) is 12.1 Å². The predicted molar refractivity (Wildman–Crippen MR) is 153 cm³/mol. The van der Waals surface area contributed by atoms with Gasteiger partial charge in [-0.1, -0.05) is 23.7 Å². The number of carbonyl (C=O) groups is 1. The molecule has 0 aromatic heterocycles. The SMILES string of the molecule is CCOc1cc(/C=C2\N=C(c3cc(I)ccc3Cl)OC2=O)cc(I)c1OCc1cccc([N+](=O)[O-])c1. The van der Waals surface area contributed by atoms with Crippen molar-refractivity contribution in [2.24, 2.45) is 4.99 Å². The maximum Gasteiger partial charge on any atom is 0.363 e. The third-order valence-corrected chi connectivity index (χ3v) is 6.72. The van der Waals surface area contributed by atoms with Crippen molar-refractivity contribution in [2.45, 2.75) is 13.5 Å². The lowest BCUT2D eigenvalue weighted by molar-refractivity contribution is -0.384. The molecule has 0 spiro atoms. The van der Waals surface area contributed by atoms with E-state index in [4.69, 9.17) is 25.8 Å². The van der Waals surface area contributed by atoms with E-state index in [-0.39, 0.29) is 23.9 Å². The number of nitro benzene ring substituents is 1. The predicted octanol–water partition coefficient (Wildman–Crippen LogP) is 6.78. The molecule has 1 aliphatic rings. The maximum absolute atomic E-state index is 12.5. The van der Waals surface area contributed by atoms with Crippen LogP contribution < -0.4 is 9.47 Å². The van der Waals surface area contributed by atoms with Crippen molar-refractivity contribution < 1.29 is 23.9 Å². The van der Waals surface area contributed by atoms with Crippen molar-refractivity contribution in [2.75, 3.05) is 6.61 Å². The lowest BCUT2D eigenvalue weighted by Crippen LogP contribution is -2.06. The molecule has 0 fully saturated rings. The first-order valence-electron chi connectivity index (χ1n) is 10.6. The summed E-state index contributed by atoms with van der Waals surface area (Å²) in [4.78, 5) is 27.4. The molecule has 0 bridgehead atoms. The number of ether oxygens (including phenoxy) is 3. The van der Waals surface area contributed by atoms with Gasteiger partial charge in [-0.2, -0.15) is 0 Å². The zero-order chi connectivity index (χ0) is 25.8. The van der Waals surface area contributed by atoms with E-state index < -0.39 is 10.9 Å². The molecule has 11 heteroatoms. The Labute approximate surface area is 238 Å². The number of aliphatic imine (C=N–C) groups is 1. The Balaban J connectivity index is 1.62.